The second-order valence-corrected chi connectivity index (χ2v) is 7.07. The highest BCUT2D eigenvalue weighted by atomic mass is 15.3. The number of benzene rings is 1. The van der Waals surface area contributed by atoms with Crippen molar-refractivity contribution in [1.29, 1.82) is 0 Å². The number of fused-ring (bicyclic) bond motifs is 1. The van der Waals surface area contributed by atoms with Crippen molar-refractivity contribution in [2.45, 2.75) is 38.1 Å². The average Bonchev–Trinajstić information content (AvgIpc) is 2.86. The summed E-state index contributed by atoms with van der Waals surface area (Å²) in [4.78, 5) is 5.33. The molecule has 1 atom stereocenters. The Bertz CT molecular complexity index is 452. The van der Waals surface area contributed by atoms with Gasteiger partial charge in [0.25, 0.3) is 0 Å². The first-order valence-corrected chi connectivity index (χ1v) is 7.87. The standard InChI is InChI=1S/C17H27N3/c1-17(2,14-5-7-15(18)8-6-14)13-19-10-11-20-9-3-4-16(20)12-19/h5-8,16H,3-4,9-13,18H2,1-2H3. The Morgan fingerprint density at radius 2 is 1.90 bits per heavy atom. The number of piperazine rings is 1. The topological polar surface area (TPSA) is 32.5 Å². The van der Waals surface area contributed by atoms with Crippen LogP contribution >= 0.6 is 0 Å². The zero-order valence-electron chi connectivity index (χ0n) is 12.8. The van der Waals surface area contributed by atoms with E-state index in [-0.39, 0.29) is 5.41 Å². The van der Waals surface area contributed by atoms with Gasteiger partial charge < -0.3 is 5.73 Å². The third-order valence-corrected chi connectivity index (χ3v) is 4.98. The van der Waals surface area contributed by atoms with Gasteiger partial charge in [0, 0.05) is 43.3 Å². The lowest BCUT2D eigenvalue weighted by atomic mass is 9.83. The van der Waals surface area contributed by atoms with E-state index in [1.165, 1.54) is 44.6 Å². The molecule has 0 spiro atoms. The van der Waals surface area contributed by atoms with Crippen LogP contribution in [0.4, 0.5) is 5.69 Å². The quantitative estimate of drug-likeness (QED) is 0.858. The predicted octanol–water partition coefficient (Wildman–Crippen LogP) is 2.33. The van der Waals surface area contributed by atoms with E-state index in [2.05, 4.69) is 35.8 Å². The fourth-order valence-corrected chi connectivity index (χ4v) is 3.78. The van der Waals surface area contributed by atoms with Crippen LogP contribution in [-0.2, 0) is 5.41 Å². The molecule has 2 N–H and O–H groups in total. The number of rotatable bonds is 3. The van der Waals surface area contributed by atoms with Crippen LogP contribution in [-0.4, -0.2) is 48.6 Å². The molecule has 3 rings (SSSR count). The molecular weight excluding hydrogens is 246 g/mol. The maximum absolute atomic E-state index is 5.80. The summed E-state index contributed by atoms with van der Waals surface area (Å²) in [5.74, 6) is 0. The van der Waals surface area contributed by atoms with Gasteiger partial charge in [-0.3, -0.25) is 9.80 Å². The van der Waals surface area contributed by atoms with Crippen LogP contribution in [0.2, 0.25) is 0 Å². The number of nitrogen functional groups attached to an aromatic ring is 1. The fraction of sp³-hybridized carbons (Fsp3) is 0.647. The summed E-state index contributed by atoms with van der Waals surface area (Å²) in [7, 11) is 0. The summed E-state index contributed by atoms with van der Waals surface area (Å²) >= 11 is 0. The van der Waals surface area contributed by atoms with Gasteiger partial charge >= 0.3 is 0 Å². The maximum atomic E-state index is 5.80. The normalized spacial score (nSPS) is 24.8. The maximum Gasteiger partial charge on any atom is 0.0314 e. The molecule has 1 aromatic rings. The van der Waals surface area contributed by atoms with Crippen LogP contribution in [0.15, 0.2) is 24.3 Å². The fourth-order valence-electron chi connectivity index (χ4n) is 3.78. The molecule has 2 fully saturated rings. The van der Waals surface area contributed by atoms with E-state index < -0.39 is 0 Å². The molecule has 0 saturated carbocycles. The second-order valence-electron chi connectivity index (χ2n) is 7.07. The van der Waals surface area contributed by atoms with Gasteiger partial charge in [0.15, 0.2) is 0 Å². The van der Waals surface area contributed by atoms with E-state index in [0.29, 0.717) is 0 Å². The minimum Gasteiger partial charge on any atom is -0.399 e. The molecule has 2 aliphatic heterocycles. The Labute approximate surface area is 122 Å². The molecule has 0 bridgehead atoms. The largest absolute Gasteiger partial charge is 0.399 e. The smallest absolute Gasteiger partial charge is 0.0314 e. The van der Waals surface area contributed by atoms with Gasteiger partial charge in [0.05, 0.1) is 0 Å². The second kappa shape index (κ2) is 5.38. The van der Waals surface area contributed by atoms with Crippen LogP contribution in [0.25, 0.3) is 0 Å². The summed E-state index contributed by atoms with van der Waals surface area (Å²) < 4.78 is 0. The van der Waals surface area contributed by atoms with E-state index >= 15 is 0 Å². The molecule has 0 aromatic heterocycles. The van der Waals surface area contributed by atoms with Crippen molar-refractivity contribution in [3.63, 3.8) is 0 Å². The Morgan fingerprint density at radius 1 is 1.15 bits per heavy atom. The number of nitrogens with two attached hydrogens (primary N) is 1. The van der Waals surface area contributed by atoms with Crippen LogP contribution in [0.5, 0.6) is 0 Å². The Hall–Kier alpha value is -1.06. The molecule has 20 heavy (non-hydrogen) atoms. The molecule has 3 nitrogen and oxygen atoms in total. The molecule has 2 aliphatic rings. The molecule has 0 radical (unpaired) electrons. The highest BCUT2D eigenvalue weighted by Crippen LogP contribution is 2.28. The molecule has 0 aliphatic carbocycles. The van der Waals surface area contributed by atoms with Gasteiger partial charge in [-0.2, -0.15) is 0 Å². The van der Waals surface area contributed by atoms with Crippen LogP contribution in [0.3, 0.4) is 0 Å². The van der Waals surface area contributed by atoms with E-state index in [1.807, 2.05) is 12.1 Å². The van der Waals surface area contributed by atoms with Crippen molar-refractivity contribution >= 4 is 5.69 Å². The molecular formula is C17H27N3. The molecule has 1 unspecified atom stereocenters. The van der Waals surface area contributed by atoms with Crippen molar-refractivity contribution in [3.05, 3.63) is 29.8 Å². The van der Waals surface area contributed by atoms with Gasteiger partial charge in [0.1, 0.15) is 0 Å². The van der Waals surface area contributed by atoms with Crippen molar-refractivity contribution < 1.29 is 0 Å². The Morgan fingerprint density at radius 3 is 2.65 bits per heavy atom. The molecule has 3 heteroatoms. The first-order chi connectivity index (χ1) is 9.54. The lowest BCUT2D eigenvalue weighted by Crippen LogP contribution is -2.52. The first kappa shape index (κ1) is 13.9. The van der Waals surface area contributed by atoms with Crippen LogP contribution in [0, 0.1) is 0 Å². The molecule has 2 saturated heterocycles. The molecule has 2 heterocycles. The monoisotopic (exact) mass is 273 g/mol. The zero-order valence-corrected chi connectivity index (χ0v) is 12.8. The van der Waals surface area contributed by atoms with Crippen molar-refractivity contribution in [2.24, 2.45) is 0 Å². The van der Waals surface area contributed by atoms with E-state index in [0.717, 1.165) is 18.3 Å². The van der Waals surface area contributed by atoms with Crippen LogP contribution < -0.4 is 5.73 Å². The summed E-state index contributed by atoms with van der Waals surface area (Å²) in [6.07, 6.45) is 2.78. The van der Waals surface area contributed by atoms with Gasteiger partial charge in [-0.15, -0.1) is 0 Å². The summed E-state index contributed by atoms with van der Waals surface area (Å²) in [5, 5.41) is 0. The SMILES string of the molecule is CC(C)(CN1CCN2CCCC2C1)c1ccc(N)cc1. The minimum atomic E-state index is 0.189. The number of anilines is 1. The number of nitrogens with zero attached hydrogens (tertiary/aromatic N) is 2. The Kier molecular flexibility index (Phi) is 3.74. The summed E-state index contributed by atoms with van der Waals surface area (Å²) in [6, 6.07) is 9.21. The predicted molar refractivity (Wildman–Crippen MR) is 84.9 cm³/mol. The van der Waals surface area contributed by atoms with Crippen molar-refractivity contribution in [1.82, 2.24) is 9.80 Å². The lowest BCUT2D eigenvalue weighted by Gasteiger charge is -2.41. The Balaban J connectivity index is 1.65. The summed E-state index contributed by atoms with van der Waals surface area (Å²) in [6.45, 7) is 10.9. The van der Waals surface area contributed by atoms with E-state index in [4.69, 9.17) is 5.73 Å². The third kappa shape index (κ3) is 2.84. The minimum absolute atomic E-state index is 0.189. The number of hydrogen-bond donors (Lipinski definition) is 1. The van der Waals surface area contributed by atoms with Crippen LogP contribution in [0.1, 0.15) is 32.3 Å². The van der Waals surface area contributed by atoms with Gasteiger partial charge in [-0.1, -0.05) is 26.0 Å². The summed E-state index contributed by atoms with van der Waals surface area (Å²) in [5.41, 5.74) is 8.23. The highest BCUT2D eigenvalue weighted by Gasteiger charge is 2.33. The highest BCUT2D eigenvalue weighted by molar-refractivity contribution is 5.41. The molecule has 0 amide bonds. The van der Waals surface area contributed by atoms with E-state index in [1.54, 1.807) is 0 Å². The third-order valence-electron chi connectivity index (χ3n) is 4.98. The average molecular weight is 273 g/mol. The van der Waals surface area contributed by atoms with Crippen molar-refractivity contribution in [3.8, 4) is 0 Å². The van der Waals surface area contributed by atoms with E-state index in [9.17, 15) is 0 Å². The lowest BCUT2D eigenvalue weighted by molar-refractivity contribution is 0.0897. The van der Waals surface area contributed by atoms with Gasteiger partial charge in [0.2, 0.25) is 0 Å². The number of hydrogen-bond acceptors (Lipinski definition) is 3. The molecule has 110 valence electrons. The van der Waals surface area contributed by atoms with Crippen molar-refractivity contribution in [2.75, 3.05) is 38.5 Å². The zero-order chi connectivity index (χ0) is 14.2. The first-order valence-electron chi connectivity index (χ1n) is 7.87. The van der Waals surface area contributed by atoms with Gasteiger partial charge in [-0.05, 0) is 37.1 Å². The van der Waals surface area contributed by atoms with Gasteiger partial charge in [-0.25, -0.2) is 0 Å². The molecule has 1 aromatic carbocycles.